The lowest BCUT2D eigenvalue weighted by molar-refractivity contribution is -0.143. The Labute approximate surface area is 180 Å². The van der Waals surface area contributed by atoms with Crippen molar-refractivity contribution in [2.24, 2.45) is 0 Å². The van der Waals surface area contributed by atoms with Crippen LogP contribution in [0, 0.1) is 0 Å². The van der Waals surface area contributed by atoms with E-state index in [1.54, 1.807) is 0 Å². The summed E-state index contributed by atoms with van der Waals surface area (Å²) in [5, 5.41) is 12.1. The number of anilines is 1. The molecule has 1 atom stereocenters. The second-order valence-electron chi connectivity index (χ2n) is 7.20. The molecule has 1 fully saturated rings. The van der Waals surface area contributed by atoms with Crippen molar-refractivity contribution in [2.45, 2.75) is 6.04 Å². The van der Waals surface area contributed by atoms with Gasteiger partial charge in [0.05, 0.1) is 4.70 Å². The second kappa shape index (κ2) is 7.44. The summed E-state index contributed by atoms with van der Waals surface area (Å²) in [5.41, 5.74) is 1.75. The Balaban J connectivity index is 1.40. The molecule has 6 nitrogen and oxygen atoms in total. The number of carboxylic acids is 1. The lowest BCUT2D eigenvalue weighted by Gasteiger charge is -2.38. The predicted octanol–water partition coefficient (Wildman–Crippen LogP) is 4.49. The number of aliphatic carboxylic acids is 1. The highest BCUT2D eigenvalue weighted by Gasteiger charge is 2.32. The average Bonchev–Trinajstić information content (AvgIpc) is 3.33. The summed E-state index contributed by atoms with van der Waals surface area (Å²) in [7, 11) is 0. The molecule has 0 aliphatic carbocycles. The summed E-state index contributed by atoms with van der Waals surface area (Å²) in [6, 6.07) is 13.5. The van der Waals surface area contributed by atoms with Crippen LogP contribution in [0.5, 0.6) is 0 Å². The Hall–Kier alpha value is -2.42. The molecule has 0 bridgehead atoms. The number of carboxylic acid groups (broad SMARTS) is 1. The number of aromatic nitrogens is 2. The Morgan fingerprint density at radius 2 is 1.93 bits per heavy atom. The number of H-pyrrole nitrogens is 1. The van der Waals surface area contributed by atoms with Gasteiger partial charge in [-0.05, 0) is 41.9 Å². The first-order valence-electron chi connectivity index (χ1n) is 9.44. The van der Waals surface area contributed by atoms with E-state index in [-0.39, 0.29) is 0 Å². The van der Waals surface area contributed by atoms with Crippen LogP contribution in [-0.2, 0) is 4.79 Å². The van der Waals surface area contributed by atoms with E-state index in [1.165, 1.54) is 21.6 Å². The topological polar surface area (TPSA) is 72.5 Å². The van der Waals surface area contributed by atoms with Gasteiger partial charge in [0.1, 0.15) is 11.9 Å². The molecule has 0 saturated carbocycles. The Bertz CT molecular complexity index is 1200. The van der Waals surface area contributed by atoms with Crippen LogP contribution in [0.1, 0.15) is 11.6 Å². The standard InChI is InChI=1S/C21H19BrN4O2S/c22-13-5-6-17-15(11-13)16(12-23-17)19(21(27)28)25-7-9-26(10-8-25)20-14-3-1-2-4-18(14)29-24-20/h1-6,11-12,19,23H,7-10H2,(H,27,28)/t19-/m1/s1. The summed E-state index contributed by atoms with van der Waals surface area (Å²) >= 11 is 5.01. The Morgan fingerprint density at radius 1 is 1.14 bits per heavy atom. The molecule has 5 rings (SSSR count). The zero-order valence-electron chi connectivity index (χ0n) is 15.5. The van der Waals surface area contributed by atoms with Crippen LogP contribution in [0.25, 0.3) is 21.0 Å². The third kappa shape index (κ3) is 3.31. The maximum absolute atomic E-state index is 12.2. The van der Waals surface area contributed by atoms with Crippen LogP contribution in [0.3, 0.4) is 0 Å². The van der Waals surface area contributed by atoms with Crippen LogP contribution in [0.4, 0.5) is 5.82 Å². The van der Waals surface area contributed by atoms with Gasteiger partial charge in [0, 0.05) is 58.7 Å². The van der Waals surface area contributed by atoms with Crippen LogP contribution in [-0.4, -0.2) is 51.5 Å². The quantitative estimate of drug-likeness (QED) is 0.459. The summed E-state index contributed by atoms with van der Waals surface area (Å²) in [5.74, 6) is 0.187. The van der Waals surface area contributed by atoms with Crippen molar-refractivity contribution in [3.05, 3.63) is 58.7 Å². The fourth-order valence-electron chi connectivity index (χ4n) is 4.12. The molecule has 2 aromatic carbocycles. The monoisotopic (exact) mass is 470 g/mol. The van der Waals surface area contributed by atoms with Gasteiger partial charge in [0.25, 0.3) is 0 Å². The molecule has 0 unspecified atom stereocenters. The van der Waals surface area contributed by atoms with Crippen molar-refractivity contribution in [3.63, 3.8) is 0 Å². The highest BCUT2D eigenvalue weighted by molar-refractivity contribution is 9.10. The van der Waals surface area contributed by atoms with Crippen LogP contribution >= 0.6 is 27.5 Å². The summed E-state index contributed by atoms with van der Waals surface area (Å²) < 4.78 is 6.77. The molecule has 0 spiro atoms. The van der Waals surface area contributed by atoms with Crippen LogP contribution in [0.2, 0.25) is 0 Å². The molecule has 0 amide bonds. The van der Waals surface area contributed by atoms with Gasteiger partial charge in [0.15, 0.2) is 0 Å². The third-order valence-electron chi connectivity index (χ3n) is 5.54. The number of carbonyl (C=O) groups is 1. The Morgan fingerprint density at radius 3 is 2.72 bits per heavy atom. The minimum atomic E-state index is -0.821. The minimum absolute atomic E-state index is 0.670. The van der Waals surface area contributed by atoms with Gasteiger partial charge in [-0.3, -0.25) is 9.69 Å². The summed E-state index contributed by atoms with van der Waals surface area (Å²) in [6.45, 7) is 2.85. The lowest BCUT2D eigenvalue weighted by atomic mass is 10.0. The molecule has 148 valence electrons. The molecule has 2 N–H and O–H groups in total. The number of nitrogens with zero attached hydrogens (tertiary/aromatic N) is 3. The molecule has 1 aliphatic rings. The van der Waals surface area contributed by atoms with Crippen molar-refractivity contribution in [2.75, 3.05) is 31.1 Å². The average molecular weight is 471 g/mol. The molecule has 29 heavy (non-hydrogen) atoms. The molecule has 4 aromatic rings. The van der Waals surface area contributed by atoms with Crippen molar-refractivity contribution >= 4 is 60.2 Å². The number of halogens is 1. The van der Waals surface area contributed by atoms with Crippen molar-refractivity contribution in [1.82, 2.24) is 14.3 Å². The van der Waals surface area contributed by atoms with Crippen molar-refractivity contribution < 1.29 is 9.90 Å². The fourth-order valence-corrected chi connectivity index (χ4v) is 5.28. The van der Waals surface area contributed by atoms with E-state index in [1.807, 2.05) is 36.5 Å². The van der Waals surface area contributed by atoms with Gasteiger partial charge >= 0.3 is 5.97 Å². The molecule has 2 aromatic heterocycles. The van der Waals surface area contributed by atoms with E-state index in [0.717, 1.165) is 39.8 Å². The fraction of sp³-hybridized carbons (Fsp3) is 0.238. The number of rotatable bonds is 4. The van der Waals surface area contributed by atoms with E-state index in [0.29, 0.717) is 13.1 Å². The van der Waals surface area contributed by atoms with Gasteiger partial charge in [-0.2, -0.15) is 4.37 Å². The second-order valence-corrected chi connectivity index (χ2v) is 8.92. The predicted molar refractivity (Wildman–Crippen MR) is 120 cm³/mol. The SMILES string of the molecule is O=C(O)[C@@H](c1c[nH]c2ccc(Br)cc12)N1CCN(c2nsc3ccccc23)CC1. The molecular formula is C21H19BrN4O2S. The number of piperazine rings is 1. The largest absolute Gasteiger partial charge is 0.480 e. The maximum atomic E-state index is 12.2. The van der Waals surface area contributed by atoms with Gasteiger partial charge in [-0.15, -0.1) is 0 Å². The number of hydrogen-bond acceptors (Lipinski definition) is 5. The van der Waals surface area contributed by atoms with E-state index < -0.39 is 12.0 Å². The lowest BCUT2D eigenvalue weighted by Crippen LogP contribution is -2.49. The number of benzene rings is 2. The van der Waals surface area contributed by atoms with E-state index >= 15 is 0 Å². The first-order chi connectivity index (χ1) is 14.1. The van der Waals surface area contributed by atoms with Crippen LogP contribution in [0.15, 0.2) is 53.1 Å². The maximum Gasteiger partial charge on any atom is 0.325 e. The Kier molecular flexibility index (Phi) is 4.77. The zero-order valence-corrected chi connectivity index (χ0v) is 17.9. The van der Waals surface area contributed by atoms with Crippen molar-refractivity contribution in [3.8, 4) is 0 Å². The van der Waals surface area contributed by atoms with Crippen LogP contribution < -0.4 is 4.90 Å². The van der Waals surface area contributed by atoms with E-state index in [2.05, 4.69) is 47.2 Å². The van der Waals surface area contributed by atoms with Crippen molar-refractivity contribution in [1.29, 1.82) is 0 Å². The smallest absolute Gasteiger partial charge is 0.325 e. The van der Waals surface area contributed by atoms with E-state index in [4.69, 9.17) is 0 Å². The first kappa shape index (κ1) is 18.6. The molecule has 1 aliphatic heterocycles. The molecule has 0 radical (unpaired) electrons. The molecule has 1 saturated heterocycles. The number of nitrogens with one attached hydrogen (secondary N) is 1. The van der Waals surface area contributed by atoms with E-state index in [9.17, 15) is 9.90 Å². The van der Waals surface area contributed by atoms with Gasteiger partial charge in [0.2, 0.25) is 0 Å². The number of hydrogen-bond donors (Lipinski definition) is 2. The summed E-state index contributed by atoms with van der Waals surface area (Å²) in [4.78, 5) is 19.7. The molecule has 3 heterocycles. The van der Waals surface area contributed by atoms with Gasteiger partial charge in [-0.25, -0.2) is 0 Å². The molecule has 8 heteroatoms. The number of aromatic amines is 1. The summed E-state index contributed by atoms with van der Waals surface area (Å²) in [6.07, 6.45) is 1.83. The minimum Gasteiger partial charge on any atom is -0.480 e. The third-order valence-corrected chi connectivity index (χ3v) is 6.85. The van der Waals surface area contributed by atoms with Gasteiger partial charge in [-0.1, -0.05) is 28.1 Å². The normalized spacial score (nSPS) is 16.5. The van der Waals surface area contributed by atoms with Gasteiger partial charge < -0.3 is 15.0 Å². The molecular weight excluding hydrogens is 452 g/mol. The first-order valence-corrected chi connectivity index (χ1v) is 11.0. The highest BCUT2D eigenvalue weighted by atomic mass is 79.9. The zero-order chi connectivity index (χ0) is 20.0. The highest BCUT2D eigenvalue weighted by Crippen LogP contribution is 2.33. The number of fused-ring (bicyclic) bond motifs is 2.